The molecule has 112 valence electrons. The lowest BCUT2D eigenvalue weighted by Crippen LogP contribution is -2.11. The van der Waals surface area contributed by atoms with E-state index in [2.05, 4.69) is 20.7 Å². The van der Waals surface area contributed by atoms with Gasteiger partial charge in [-0.2, -0.15) is 5.10 Å². The van der Waals surface area contributed by atoms with Crippen LogP contribution in [0.15, 0.2) is 40.9 Å². The highest BCUT2D eigenvalue weighted by Gasteiger charge is 2.15. The SMILES string of the molecule is COc1cc(C(=O)Nc2cc(-c3ccccc3C)[nH]n2)on1. The summed E-state index contributed by atoms with van der Waals surface area (Å²) in [7, 11) is 1.45. The number of carbonyl (C=O) groups excluding carboxylic acids is 1. The van der Waals surface area contributed by atoms with Crippen molar-refractivity contribution in [1.82, 2.24) is 15.4 Å². The molecule has 0 fully saturated rings. The number of rotatable bonds is 4. The number of hydrogen-bond acceptors (Lipinski definition) is 5. The van der Waals surface area contributed by atoms with Gasteiger partial charge in [0.05, 0.1) is 18.9 Å². The summed E-state index contributed by atoms with van der Waals surface area (Å²) >= 11 is 0. The zero-order valence-corrected chi connectivity index (χ0v) is 12.1. The van der Waals surface area contributed by atoms with E-state index in [0.29, 0.717) is 5.82 Å². The van der Waals surface area contributed by atoms with Crippen molar-refractivity contribution in [3.05, 3.63) is 47.7 Å². The molecule has 1 amide bonds. The molecule has 0 saturated heterocycles. The van der Waals surface area contributed by atoms with Crippen molar-refractivity contribution >= 4 is 11.7 Å². The number of anilines is 1. The maximum Gasteiger partial charge on any atom is 0.295 e. The van der Waals surface area contributed by atoms with E-state index in [1.165, 1.54) is 13.2 Å². The molecule has 22 heavy (non-hydrogen) atoms. The van der Waals surface area contributed by atoms with Crippen LogP contribution in [0, 0.1) is 6.92 Å². The number of hydrogen-bond donors (Lipinski definition) is 2. The van der Waals surface area contributed by atoms with Crippen LogP contribution in [0.25, 0.3) is 11.3 Å². The molecule has 2 aromatic heterocycles. The summed E-state index contributed by atoms with van der Waals surface area (Å²) in [5.41, 5.74) is 2.96. The first kappa shape index (κ1) is 13.9. The normalized spacial score (nSPS) is 10.5. The van der Waals surface area contributed by atoms with Crippen molar-refractivity contribution in [1.29, 1.82) is 0 Å². The molecule has 7 heteroatoms. The van der Waals surface area contributed by atoms with Gasteiger partial charge in [-0.25, -0.2) is 0 Å². The third-order valence-electron chi connectivity index (χ3n) is 3.18. The summed E-state index contributed by atoms with van der Waals surface area (Å²) in [6.45, 7) is 2.01. The number of H-pyrrole nitrogens is 1. The highest BCUT2D eigenvalue weighted by Crippen LogP contribution is 2.23. The molecule has 3 rings (SSSR count). The second kappa shape index (κ2) is 5.72. The molecular weight excluding hydrogens is 284 g/mol. The average molecular weight is 298 g/mol. The summed E-state index contributed by atoms with van der Waals surface area (Å²) in [4.78, 5) is 12.0. The molecule has 2 N–H and O–H groups in total. The van der Waals surface area contributed by atoms with Crippen molar-refractivity contribution in [3.8, 4) is 17.1 Å². The van der Waals surface area contributed by atoms with Gasteiger partial charge < -0.3 is 14.6 Å². The molecule has 0 spiro atoms. The Balaban J connectivity index is 1.77. The Bertz CT molecular complexity index is 806. The molecule has 0 aliphatic rings. The Kier molecular flexibility index (Phi) is 3.61. The summed E-state index contributed by atoms with van der Waals surface area (Å²) in [5, 5.41) is 13.2. The van der Waals surface area contributed by atoms with E-state index >= 15 is 0 Å². The number of aryl methyl sites for hydroxylation is 1. The van der Waals surface area contributed by atoms with Gasteiger partial charge in [0, 0.05) is 11.6 Å². The van der Waals surface area contributed by atoms with Gasteiger partial charge in [0.15, 0.2) is 5.82 Å². The van der Waals surface area contributed by atoms with Crippen LogP contribution >= 0.6 is 0 Å². The zero-order valence-electron chi connectivity index (χ0n) is 12.1. The molecule has 0 atom stereocenters. The molecular formula is C15H14N4O3. The maximum absolute atomic E-state index is 12.0. The number of aromatic nitrogens is 3. The molecule has 0 aliphatic heterocycles. The van der Waals surface area contributed by atoms with Gasteiger partial charge in [-0.05, 0) is 17.6 Å². The Morgan fingerprint density at radius 3 is 2.86 bits per heavy atom. The Hall–Kier alpha value is -3.09. The largest absolute Gasteiger partial charge is 0.479 e. The van der Waals surface area contributed by atoms with Crippen LogP contribution in [0.4, 0.5) is 5.82 Å². The van der Waals surface area contributed by atoms with Gasteiger partial charge in [0.1, 0.15) is 0 Å². The second-order valence-electron chi connectivity index (χ2n) is 4.67. The van der Waals surface area contributed by atoms with Gasteiger partial charge in [0.2, 0.25) is 5.76 Å². The van der Waals surface area contributed by atoms with Crippen molar-refractivity contribution in [2.45, 2.75) is 6.92 Å². The Morgan fingerprint density at radius 1 is 1.32 bits per heavy atom. The van der Waals surface area contributed by atoms with Crippen LogP contribution in [-0.2, 0) is 0 Å². The number of nitrogens with one attached hydrogen (secondary N) is 2. The summed E-state index contributed by atoms with van der Waals surface area (Å²) in [5.74, 6) is 0.252. The molecule has 0 aliphatic carbocycles. The first-order valence-corrected chi connectivity index (χ1v) is 6.61. The molecule has 0 radical (unpaired) electrons. The van der Waals surface area contributed by atoms with Gasteiger partial charge in [0.25, 0.3) is 11.8 Å². The topological polar surface area (TPSA) is 93.0 Å². The molecule has 0 unspecified atom stereocenters. The fraction of sp³-hybridized carbons (Fsp3) is 0.133. The first-order valence-electron chi connectivity index (χ1n) is 6.61. The minimum Gasteiger partial charge on any atom is -0.479 e. The third kappa shape index (κ3) is 2.69. The van der Waals surface area contributed by atoms with Crippen LogP contribution in [0.1, 0.15) is 16.1 Å². The molecule has 0 saturated carbocycles. The molecule has 2 heterocycles. The number of benzene rings is 1. The van der Waals surface area contributed by atoms with Crippen molar-refractivity contribution in [3.63, 3.8) is 0 Å². The van der Waals surface area contributed by atoms with E-state index in [0.717, 1.165) is 16.8 Å². The van der Waals surface area contributed by atoms with Crippen molar-refractivity contribution in [2.24, 2.45) is 0 Å². The average Bonchev–Trinajstić information content (AvgIpc) is 3.16. The van der Waals surface area contributed by atoms with E-state index in [1.807, 2.05) is 31.2 Å². The Labute approximate surface area is 126 Å². The van der Waals surface area contributed by atoms with Crippen LogP contribution in [0.3, 0.4) is 0 Å². The predicted molar refractivity (Wildman–Crippen MR) is 79.8 cm³/mol. The van der Waals surface area contributed by atoms with Gasteiger partial charge in [-0.1, -0.05) is 24.3 Å². The van der Waals surface area contributed by atoms with E-state index < -0.39 is 5.91 Å². The number of ether oxygens (including phenoxy) is 1. The van der Waals surface area contributed by atoms with Crippen LogP contribution in [0.2, 0.25) is 0 Å². The minimum atomic E-state index is -0.446. The number of amides is 1. The highest BCUT2D eigenvalue weighted by molar-refractivity contribution is 6.02. The van der Waals surface area contributed by atoms with Gasteiger partial charge in [-0.15, -0.1) is 0 Å². The van der Waals surface area contributed by atoms with Crippen molar-refractivity contribution in [2.75, 3.05) is 12.4 Å². The second-order valence-corrected chi connectivity index (χ2v) is 4.67. The number of methoxy groups -OCH3 is 1. The lowest BCUT2D eigenvalue weighted by molar-refractivity contribution is 0.0987. The summed E-state index contributed by atoms with van der Waals surface area (Å²) in [6, 6.07) is 11.1. The summed E-state index contributed by atoms with van der Waals surface area (Å²) < 4.78 is 9.74. The van der Waals surface area contributed by atoms with E-state index in [9.17, 15) is 4.79 Å². The van der Waals surface area contributed by atoms with E-state index in [4.69, 9.17) is 9.26 Å². The standard InChI is InChI=1S/C15H14N4O3/c1-9-5-3-4-6-10(9)11-7-13(18-17-11)16-15(20)12-8-14(21-2)19-22-12/h3-8H,1-2H3,(H2,16,17,18,20). The van der Waals surface area contributed by atoms with Crippen LogP contribution in [-0.4, -0.2) is 28.4 Å². The fourth-order valence-electron chi connectivity index (χ4n) is 2.04. The molecule has 0 bridgehead atoms. The summed E-state index contributed by atoms with van der Waals surface area (Å²) in [6.07, 6.45) is 0. The first-order chi connectivity index (χ1) is 10.7. The minimum absolute atomic E-state index is 0.0530. The van der Waals surface area contributed by atoms with Crippen LogP contribution in [0.5, 0.6) is 5.88 Å². The molecule has 7 nitrogen and oxygen atoms in total. The highest BCUT2D eigenvalue weighted by atomic mass is 16.5. The van der Waals surface area contributed by atoms with Gasteiger partial charge in [-0.3, -0.25) is 9.89 Å². The molecule has 1 aromatic carbocycles. The quantitative estimate of drug-likeness (QED) is 0.772. The number of aromatic amines is 1. The van der Waals surface area contributed by atoms with E-state index in [1.54, 1.807) is 6.07 Å². The Morgan fingerprint density at radius 2 is 2.14 bits per heavy atom. The van der Waals surface area contributed by atoms with Crippen LogP contribution < -0.4 is 10.1 Å². The van der Waals surface area contributed by atoms with Gasteiger partial charge >= 0.3 is 0 Å². The lowest BCUT2D eigenvalue weighted by Gasteiger charge is -2.00. The third-order valence-corrected chi connectivity index (χ3v) is 3.18. The smallest absolute Gasteiger partial charge is 0.295 e. The monoisotopic (exact) mass is 298 g/mol. The predicted octanol–water partition coefficient (Wildman–Crippen LogP) is 2.63. The lowest BCUT2D eigenvalue weighted by atomic mass is 10.1. The fourth-order valence-corrected chi connectivity index (χ4v) is 2.04. The number of carbonyl (C=O) groups is 1. The maximum atomic E-state index is 12.0. The molecule has 3 aromatic rings. The van der Waals surface area contributed by atoms with E-state index in [-0.39, 0.29) is 11.6 Å². The van der Waals surface area contributed by atoms with Crippen molar-refractivity contribution < 1.29 is 14.1 Å². The number of nitrogens with zero attached hydrogens (tertiary/aromatic N) is 2. The zero-order chi connectivity index (χ0) is 15.5.